The molecule has 0 radical (unpaired) electrons. The highest BCUT2D eigenvalue weighted by Crippen LogP contribution is 2.21. The van der Waals surface area contributed by atoms with E-state index < -0.39 is 27.8 Å². The normalized spacial score (nSPS) is 11.9. The average Bonchev–Trinajstić information content (AvgIpc) is 2.61. The van der Waals surface area contributed by atoms with Crippen LogP contribution in [0.4, 0.5) is 5.69 Å². The van der Waals surface area contributed by atoms with Gasteiger partial charge in [0, 0.05) is 11.9 Å². The van der Waals surface area contributed by atoms with Gasteiger partial charge < -0.3 is 10.1 Å². The van der Waals surface area contributed by atoms with Crippen molar-refractivity contribution in [2.45, 2.75) is 17.9 Å². The fraction of sp³-hybridized carbons (Fsp3) is 0.167. The van der Waals surface area contributed by atoms with E-state index in [4.69, 9.17) is 21.6 Å². The van der Waals surface area contributed by atoms with E-state index in [1.165, 1.54) is 49.4 Å². The number of benzene rings is 2. The molecule has 1 N–H and O–H groups in total. The Morgan fingerprint density at radius 2 is 1.89 bits per heavy atom. The predicted molar refractivity (Wildman–Crippen MR) is 99.2 cm³/mol. The zero-order valence-electron chi connectivity index (χ0n) is 14.4. The molecule has 0 aromatic heterocycles. The first kappa shape index (κ1) is 20.4. The van der Waals surface area contributed by atoms with Gasteiger partial charge in [0.2, 0.25) is 0 Å². The Labute approximate surface area is 161 Å². The van der Waals surface area contributed by atoms with Crippen molar-refractivity contribution in [3.63, 3.8) is 0 Å². The molecular weight excluding hydrogens is 392 g/mol. The van der Waals surface area contributed by atoms with Gasteiger partial charge in [-0.05, 0) is 37.3 Å². The topological polar surface area (TPSA) is 113 Å². The fourth-order valence-electron chi connectivity index (χ4n) is 2.16. The Kier molecular flexibility index (Phi) is 6.20. The molecular formula is C18H15ClN2O5S. The smallest absolute Gasteiger partial charge is 0.340 e. The molecule has 0 unspecified atom stereocenters. The van der Waals surface area contributed by atoms with Crippen LogP contribution in [0.25, 0.3) is 0 Å². The molecule has 2 aromatic carbocycles. The number of rotatable bonds is 5. The summed E-state index contributed by atoms with van der Waals surface area (Å²) in [4.78, 5) is 24.3. The Morgan fingerprint density at radius 1 is 1.22 bits per heavy atom. The minimum atomic E-state index is -3.64. The quantitative estimate of drug-likeness (QED) is 0.764. The molecule has 0 aliphatic carbocycles. The zero-order chi connectivity index (χ0) is 20.2. The molecule has 9 heteroatoms. The summed E-state index contributed by atoms with van der Waals surface area (Å²) in [7, 11) is -3.64. The van der Waals surface area contributed by atoms with E-state index in [9.17, 15) is 18.0 Å². The maximum Gasteiger partial charge on any atom is 0.340 e. The first-order chi connectivity index (χ1) is 12.6. The lowest BCUT2D eigenvalue weighted by Gasteiger charge is -2.15. The van der Waals surface area contributed by atoms with Crippen molar-refractivity contribution in [2.75, 3.05) is 11.6 Å². The first-order valence-electron chi connectivity index (χ1n) is 7.64. The van der Waals surface area contributed by atoms with Gasteiger partial charge in [-0.15, -0.1) is 0 Å². The number of amides is 1. The van der Waals surface area contributed by atoms with Crippen LogP contribution in [-0.4, -0.2) is 32.7 Å². The summed E-state index contributed by atoms with van der Waals surface area (Å²) in [6, 6.07) is 11.8. The number of anilines is 1. The lowest BCUT2D eigenvalue weighted by atomic mass is 10.2. The van der Waals surface area contributed by atoms with Crippen molar-refractivity contribution in [1.29, 1.82) is 5.26 Å². The number of nitrogens with one attached hydrogen (secondary N) is 1. The zero-order valence-corrected chi connectivity index (χ0v) is 16.0. The number of nitriles is 1. The Bertz CT molecular complexity index is 1040. The van der Waals surface area contributed by atoms with E-state index >= 15 is 0 Å². The van der Waals surface area contributed by atoms with Crippen LogP contribution >= 0.6 is 11.6 Å². The Balaban J connectivity index is 2.12. The number of sulfone groups is 1. The largest absolute Gasteiger partial charge is 0.449 e. The highest BCUT2D eigenvalue weighted by molar-refractivity contribution is 7.90. The lowest BCUT2D eigenvalue weighted by Crippen LogP contribution is -2.30. The van der Waals surface area contributed by atoms with Crippen molar-refractivity contribution in [3.05, 3.63) is 58.6 Å². The third kappa shape index (κ3) is 5.06. The summed E-state index contributed by atoms with van der Waals surface area (Å²) < 4.78 is 28.6. The van der Waals surface area contributed by atoms with Crippen LogP contribution in [-0.2, 0) is 19.4 Å². The summed E-state index contributed by atoms with van der Waals surface area (Å²) in [6.07, 6.45) is -0.219. The highest BCUT2D eigenvalue weighted by atomic mass is 35.5. The van der Waals surface area contributed by atoms with Gasteiger partial charge in [0.15, 0.2) is 15.9 Å². The number of esters is 1. The van der Waals surface area contributed by atoms with E-state index in [2.05, 4.69) is 5.32 Å². The van der Waals surface area contributed by atoms with Gasteiger partial charge in [0.05, 0.1) is 21.0 Å². The molecule has 0 saturated heterocycles. The summed E-state index contributed by atoms with van der Waals surface area (Å²) in [5.41, 5.74) is 0.427. The molecule has 0 aliphatic heterocycles. The van der Waals surface area contributed by atoms with E-state index in [1.807, 2.05) is 6.07 Å². The molecule has 1 amide bonds. The van der Waals surface area contributed by atoms with Gasteiger partial charge in [-0.1, -0.05) is 23.7 Å². The van der Waals surface area contributed by atoms with Gasteiger partial charge in [-0.25, -0.2) is 13.2 Å². The molecule has 0 spiro atoms. The number of halogens is 1. The van der Waals surface area contributed by atoms with Gasteiger partial charge in [0.1, 0.15) is 6.07 Å². The molecule has 0 saturated carbocycles. The number of carbonyl (C=O) groups excluding carboxylic acids is 2. The lowest BCUT2D eigenvalue weighted by molar-refractivity contribution is -0.123. The van der Waals surface area contributed by atoms with Gasteiger partial charge in [0.25, 0.3) is 5.91 Å². The number of carbonyl (C=O) groups is 2. The molecule has 0 fully saturated rings. The first-order valence-corrected chi connectivity index (χ1v) is 9.91. The van der Waals surface area contributed by atoms with Crippen LogP contribution in [0.15, 0.2) is 47.4 Å². The van der Waals surface area contributed by atoms with Crippen molar-refractivity contribution in [1.82, 2.24) is 0 Å². The third-order valence-corrected chi connectivity index (χ3v) is 4.98. The minimum absolute atomic E-state index is 0.152. The summed E-state index contributed by atoms with van der Waals surface area (Å²) in [5, 5.41) is 11.5. The van der Waals surface area contributed by atoms with Crippen molar-refractivity contribution in [3.8, 4) is 6.07 Å². The minimum Gasteiger partial charge on any atom is -0.449 e. The number of hydrogen-bond acceptors (Lipinski definition) is 6. The standard InChI is InChI=1S/C18H15ClN2O5S/c1-11(17(22)21-13-8-7-12(10-20)15(19)9-13)26-18(23)14-5-3-4-6-16(14)27(2,24)25/h3-9,11H,1-2H3,(H,21,22)/t11-/m1/s1. The number of hydrogen-bond donors (Lipinski definition) is 1. The summed E-state index contributed by atoms with van der Waals surface area (Å²) in [5.74, 6) is -1.57. The Hall–Kier alpha value is -2.89. The van der Waals surface area contributed by atoms with Crippen molar-refractivity contribution >= 4 is 39.0 Å². The van der Waals surface area contributed by atoms with Crippen LogP contribution < -0.4 is 5.32 Å². The monoisotopic (exact) mass is 406 g/mol. The van der Waals surface area contributed by atoms with E-state index in [1.54, 1.807) is 0 Å². The van der Waals surface area contributed by atoms with E-state index in [-0.39, 0.29) is 21.0 Å². The van der Waals surface area contributed by atoms with Crippen LogP contribution in [0.5, 0.6) is 0 Å². The van der Waals surface area contributed by atoms with Crippen molar-refractivity contribution in [2.24, 2.45) is 0 Å². The Morgan fingerprint density at radius 3 is 2.48 bits per heavy atom. The molecule has 140 valence electrons. The number of ether oxygens (including phenoxy) is 1. The van der Waals surface area contributed by atoms with Crippen LogP contribution in [0.1, 0.15) is 22.8 Å². The second-order valence-corrected chi connectivity index (χ2v) is 8.00. The maximum atomic E-state index is 12.3. The molecule has 0 bridgehead atoms. The third-order valence-electron chi connectivity index (χ3n) is 3.52. The van der Waals surface area contributed by atoms with Gasteiger partial charge in [-0.2, -0.15) is 5.26 Å². The van der Waals surface area contributed by atoms with E-state index in [0.717, 1.165) is 6.26 Å². The van der Waals surface area contributed by atoms with E-state index in [0.29, 0.717) is 5.69 Å². The van der Waals surface area contributed by atoms with Crippen molar-refractivity contribution < 1.29 is 22.7 Å². The van der Waals surface area contributed by atoms with Gasteiger partial charge >= 0.3 is 5.97 Å². The molecule has 7 nitrogen and oxygen atoms in total. The second-order valence-electron chi connectivity index (χ2n) is 5.61. The average molecular weight is 407 g/mol. The van der Waals surface area contributed by atoms with Gasteiger partial charge in [-0.3, -0.25) is 4.79 Å². The molecule has 0 aliphatic rings. The van der Waals surface area contributed by atoms with Crippen LogP contribution in [0.3, 0.4) is 0 Å². The molecule has 1 atom stereocenters. The maximum absolute atomic E-state index is 12.3. The molecule has 2 rings (SSSR count). The molecule has 2 aromatic rings. The molecule has 27 heavy (non-hydrogen) atoms. The molecule has 0 heterocycles. The fourth-order valence-corrected chi connectivity index (χ4v) is 3.26. The number of nitrogens with zero attached hydrogens (tertiary/aromatic N) is 1. The second kappa shape index (κ2) is 8.20. The highest BCUT2D eigenvalue weighted by Gasteiger charge is 2.24. The summed E-state index contributed by atoms with van der Waals surface area (Å²) >= 11 is 5.90. The predicted octanol–water partition coefficient (Wildman–Crippen LogP) is 2.80. The SMILES string of the molecule is C[C@@H](OC(=O)c1ccccc1S(C)(=O)=O)C(=O)Nc1ccc(C#N)c(Cl)c1. The van der Waals surface area contributed by atoms with Crippen LogP contribution in [0, 0.1) is 11.3 Å². The summed E-state index contributed by atoms with van der Waals surface area (Å²) in [6.45, 7) is 1.35. The van der Waals surface area contributed by atoms with Crippen LogP contribution in [0.2, 0.25) is 5.02 Å².